The van der Waals surface area contributed by atoms with Gasteiger partial charge < -0.3 is 10.0 Å². The molecule has 2 aromatic rings. The Balaban J connectivity index is 1.86. The van der Waals surface area contributed by atoms with Gasteiger partial charge in [0.1, 0.15) is 23.2 Å². The predicted molar refractivity (Wildman–Crippen MR) is 102 cm³/mol. The first-order valence-corrected chi connectivity index (χ1v) is 9.36. The van der Waals surface area contributed by atoms with Crippen molar-refractivity contribution in [3.8, 4) is 6.07 Å². The van der Waals surface area contributed by atoms with E-state index < -0.39 is 6.10 Å². The van der Waals surface area contributed by atoms with E-state index in [2.05, 4.69) is 32.8 Å². The molecule has 142 valence electrons. The minimum absolute atomic E-state index is 0.0726. The van der Waals surface area contributed by atoms with Crippen LogP contribution in [0.4, 0.5) is 5.69 Å². The first-order valence-electron chi connectivity index (χ1n) is 9.36. The molecule has 2 aromatic heterocycles. The van der Waals surface area contributed by atoms with Crippen molar-refractivity contribution in [2.45, 2.75) is 39.7 Å². The first-order chi connectivity index (χ1) is 12.9. The molecule has 1 aliphatic rings. The Labute approximate surface area is 159 Å². The molecule has 0 amide bonds. The zero-order chi connectivity index (χ0) is 19.6. The maximum absolute atomic E-state index is 12.4. The van der Waals surface area contributed by atoms with Crippen LogP contribution in [0.1, 0.15) is 39.3 Å². The SMILES string of the molecule is CC(C)[C@H](O)C(=O)C[C@@H]1C[C@H](C)CN(c2cnc(C#N)c3nccnc23)C1. The fourth-order valence-electron chi connectivity index (χ4n) is 3.86. The summed E-state index contributed by atoms with van der Waals surface area (Å²) in [5.41, 5.74) is 2.26. The summed E-state index contributed by atoms with van der Waals surface area (Å²) in [4.78, 5) is 27.5. The fourth-order valence-corrected chi connectivity index (χ4v) is 3.86. The molecule has 7 nitrogen and oxygen atoms in total. The number of hydrogen-bond acceptors (Lipinski definition) is 7. The quantitative estimate of drug-likeness (QED) is 0.865. The van der Waals surface area contributed by atoms with Gasteiger partial charge in [0.25, 0.3) is 0 Å². The van der Waals surface area contributed by atoms with Crippen molar-refractivity contribution >= 4 is 22.5 Å². The Morgan fingerprint density at radius 1 is 1.30 bits per heavy atom. The summed E-state index contributed by atoms with van der Waals surface area (Å²) in [6.45, 7) is 7.39. The maximum Gasteiger partial charge on any atom is 0.168 e. The fraction of sp³-hybridized carbons (Fsp3) is 0.550. The van der Waals surface area contributed by atoms with Gasteiger partial charge in [0, 0.05) is 31.9 Å². The number of carbonyl (C=O) groups excluding carboxylic acids is 1. The number of piperidine rings is 1. The van der Waals surface area contributed by atoms with Crippen LogP contribution in [0.5, 0.6) is 0 Å². The van der Waals surface area contributed by atoms with Crippen LogP contribution in [-0.4, -0.2) is 45.0 Å². The highest BCUT2D eigenvalue weighted by molar-refractivity contribution is 5.90. The number of aliphatic hydroxyl groups is 1. The number of ketones is 1. The standard InChI is InChI=1S/C20H25N5O2/c1-12(2)20(27)17(26)7-14-6-13(3)10-25(11-14)16-9-24-15(8-21)18-19(16)23-5-4-22-18/h4-5,9,12-14,20,27H,6-7,10-11H2,1-3H3/t13-,14-,20-/m0/s1. The van der Waals surface area contributed by atoms with Gasteiger partial charge in [-0.2, -0.15) is 5.26 Å². The number of carbonyl (C=O) groups is 1. The third kappa shape index (κ3) is 4.06. The molecular weight excluding hydrogens is 342 g/mol. The van der Waals surface area contributed by atoms with E-state index >= 15 is 0 Å². The molecule has 3 rings (SSSR count). The molecular formula is C20H25N5O2. The molecule has 1 saturated heterocycles. The molecule has 1 fully saturated rings. The van der Waals surface area contributed by atoms with E-state index in [4.69, 9.17) is 0 Å². The van der Waals surface area contributed by atoms with Crippen molar-refractivity contribution in [1.82, 2.24) is 15.0 Å². The van der Waals surface area contributed by atoms with Crippen LogP contribution in [0, 0.1) is 29.1 Å². The van der Waals surface area contributed by atoms with Crippen LogP contribution in [0.3, 0.4) is 0 Å². The molecule has 0 bridgehead atoms. The molecule has 3 atom stereocenters. The van der Waals surface area contributed by atoms with Gasteiger partial charge in [0.2, 0.25) is 0 Å². The van der Waals surface area contributed by atoms with Crippen molar-refractivity contribution in [3.63, 3.8) is 0 Å². The number of anilines is 1. The minimum atomic E-state index is -0.904. The van der Waals surface area contributed by atoms with Gasteiger partial charge in [-0.3, -0.25) is 9.78 Å². The van der Waals surface area contributed by atoms with Gasteiger partial charge in [-0.1, -0.05) is 20.8 Å². The zero-order valence-electron chi connectivity index (χ0n) is 16.0. The second-order valence-electron chi connectivity index (χ2n) is 7.83. The van der Waals surface area contributed by atoms with Crippen molar-refractivity contribution in [1.29, 1.82) is 5.26 Å². The first kappa shape index (κ1) is 19.2. The van der Waals surface area contributed by atoms with E-state index in [1.807, 2.05) is 13.8 Å². The third-order valence-corrected chi connectivity index (χ3v) is 5.13. The summed E-state index contributed by atoms with van der Waals surface area (Å²) in [6.07, 6.45) is 5.25. The molecule has 1 N–H and O–H groups in total. The summed E-state index contributed by atoms with van der Waals surface area (Å²) in [5.74, 6) is 0.398. The van der Waals surface area contributed by atoms with Crippen molar-refractivity contribution in [2.24, 2.45) is 17.8 Å². The minimum Gasteiger partial charge on any atom is -0.385 e. The average molecular weight is 367 g/mol. The highest BCUT2D eigenvalue weighted by atomic mass is 16.3. The molecule has 3 heterocycles. The Morgan fingerprint density at radius 2 is 2.00 bits per heavy atom. The molecule has 27 heavy (non-hydrogen) atoms. The Bertz CT molecular complexity index is 876. The number of hydrogen-bond donors (Lipinski definition) is 1. The lowest BCUT2D eigenvalue weighted by Gasteiger charge is -2.38. The second-order valence-corrected chi connectivity index (χ2v) is 7.83. The summed E-state index contributed by atoms with van der Waals surface area (Å²) in [7, 11) is 0. The second kappa shape index (κ2) is 7.97. The van der Waals surface area contributed by atoms with Crippen LogP contribution in [0.25, 0.3) is 11.0 Å². The maximum atomic E-state index is 12.4. The van der Waals surface area contributed by atoms with Gasteiger partial charge in [0.15, 0.2) is 11.5 Å². The van der Waals surface area contributed by atoms with Crippen molar-refractivity contribution in [2.75, 3.05) is 18.0 Å². The number of pyridine rings is 1. The molecule has 0 aliphatic carbocycles. The number of aliphatic hydroxyl groups excluding tert-OH is 1. The Kier molecular flexibility index (Phi) is 5.66. The van der Waals surface area contributed by atoms with E-state index in [0.717, 1.165) is 18.7 Å². The zero-order valence-corrected chi connectivity index (χ0v) is 16.0. The van der Waals surface area contributed by atoms with Gasteiger partial charge in [-0.25, -0.2) is 9.97 Å². The highest BCUT2D eigenvalue weighted by Gasteiger charge is 2.30. The third-order valence-electron chi connectivity index (χ3n) is 5.13. The predicted octanol–water partition coefficient (Wildman–Crippen LogP) is 2.33. The molecule has 1 aliphatic heterocycles. The highest BCUT2D eigenvalue weighted by Crippen LogP contribution is 2.32. The van der Waals surface area contributed by atoms with Crippen molar-refractivity contribution < 1.29 is 9.90 Å². The molecule has 0 spiro atoms. The topological polar surface area (TPSA) is 103 Å². The lowest BCUT2D eigenvalue weighted by atomic mass is 9.85. The molecule has 0 radical (unpaired) electrons. The van der Waals surface area contributed by atoms with Crippen LogP contribution in [-0.2, 0) is 4.79 Å². The number of rotatable bonds is 5. The van der Waals surface area contributed by atoms with E-state index in [1.54, 1.807) is 18.6 Å². The van der Waals surface area contributed by atoms with E-state index in [0.29, 0.717) is 29.9 Å². The monoisotopic (exact) mass is 367 g/mol. The smallest absolute Gasteiger partial charge is 0.168 e. The van der Waals surface area contributed by atoms with Crippen LogP contribution in [0.15, 0.2) is 18.6 Å². The summed E-state index contributed by atoms with van der Waals surface area (Å²) in [6, 6.07) is 2.06. The van der Waals surface area contributed by atoms with Gasteiger partial charge in [0.05, 0.1) is 11.9 Å². The molecule has 0 saturated carbocycles. The largest absolute Gasteiger partial charge is 0.385 e. The van der Waals surface area contributed by atoms with Crippen LogP contribution < -0.4 is 4.90 Å². The number of nitrogens with zero attached hydrogens (tertiary/aromatic N) is 5. The van der Waals surface area contributed by atoms with Gasteiger partial charge >= 0.3 is 0 Å². The number of Topliss-reactive ketones (excluding diaryl/α,β-unsaturated/α-hetero) is 1. The van der Waals surface area contributed by atoms with Crippen molar-refractivity contribution in [3.05, 3.63) is 24.3 Å². The molecule has 7 heteroatoms. The Hall–Kier alpha value is -2.59. The van der Waals surface area contributed by atoms with E-state index in [1.165, 1.54) is 0 Å². The Morgan fingerprint density at radius 3 is 2.67 bits per heavy atom. The number of aromatic nitrogens is 3. The summed E-state index contributed by atoms with van der Waals surface area (Å²) >= 11 is 0. The molecule has 0 aromatic carbocycles. The lowest BCUT2D eigenvalue weighted by Crippen LogP contribution is -2.41. The number of nitriles is 1. The van der Waals surface area contributed by atoms with E-state index in [-0.39, 0.29) is 23.3 Å². The van der Waals surface area contributed by atoms with E-state index in [9.17, 15) is 15.2 Å². The van der Waals surface area contributed by atoms with Crippen LogP contribution in [0.2, 0.25) is 0 Å². The average Bonchev–Trinajstić information content (AvgIpc) is 2.65. The lowest BCUT2D eigenvalue weighted by molar-refractivity contribution is -0.130. The summed E-state index contributed by atoms with van der Waals surface area (Å²) in [5, 5.41) is 19.3. The van der Waals surface area contributed by atoms with Gasteiger partial charge in [-0.05, 0) is 24.2 Å². The van der Waals surface area contributed by atoms with Gasteiger partial charge in [-0.15, -0.1) is 0 Å². The van der Waals surface area contributed by atoms with Crippen LogP contribution >= 0.6 is 0 Å². The normalized spacial score (nSPS) is 21.3. The summed E-state index contributed by atoms with van der Waals surface area (Å²) < 4.78 is 0. The number of fused-ring (bicyclic) bond motifs is 1. The molecule has 0 unspecified atom stereocenters.